The van der Waals surface area contributed by atoms with E-state index in [1.807, 2.05) is 6.92 Å². The summed E-state index contributed by atoms with van der Waals surface area (Å²) in [6, 6.07) is 6.62. The minimum atomic E-state index is -3.20. The van der Waals surface area contributed by atoms with Crippen LogP contribution in [0, 0.1) is 0 Å². The van der Waals surface area contributed by atoms with Gasteiger partial charge in [0.2, 0.25) is 0 Å². The number of hydrogen-bond donors (Lipinski definition) is 1. The molecule has 1 aliphatic rings. The molecule has 1 saturated carbocycles. The molecule has 0 amide bonds. The third kappa shape index (κ3) is 2.45. The molecule has 17 heavy (non-hydrogen) atoms. The molecule has 0 atom stereocenters. The molecule has 1 aliphatic carbocycles. The fourth-order valence-electron chi connectivity index (χ4n) is 1.94. The molecule has 1 aromatic rings. The summed E-state index contributed by atoms with van der Waals surface area (Å²) < 4.78 is 29.5. The van der Waals surface area contributed by atoms with Crippen LogP contribution >= 0.6 is 0 Å². The largest absolute Gasteiger partial charge is 0.494 e. The van der Waals surface area contributed by atoms with E-state index < -0.39 is 9.84 Å². The lowest BCUT2D eigenvalue weighted by Crippen LogP contribution is -2.44. The summed E-state index contributed by atoms with van der Waals surface area (Å²) in [6.07, 6.45) is 1.13. The highest BCUT2D eigenvalue weighted by atomic mass is 32.2. The van der Waals surface area contributed by atoms with Crippen LogP contribution in [0.4, 0.5) is 0 Å². The van der Waals surface area contributed by atoms with Gasteiger partial charge in [0.05, 0.1) is 16.8 Å². The Kier molecular flexibility index (Phi) is 3.40. The van der Waals surface area contributed by atoms with E-state index in [0.717, 1.165) is 0 Å². The first-order chi connectivity index (χ1) is 8.04. The van der Waals surface area contributed by atoms with Crippen molar-refractivity contribution in [2.24, 2.45) is 5.73 Å². The molecule has 94 valence electrons. The summed E-state index contributed by atoms with van der Waals surface area (Å²) >= 11 is 0. The maximum atomic E-state index is 12.1. The Balaban J connectivity index is 2.16. The van der Waals surface area contributed by atoms with E-state index in [0.29, 0.717) is 30.1 Å². The van der Waals surface area contributed by atoms with E-state index in [1.54, 1.807) is 24.3 Å². The summed E-state index contributed by atoms with van der Waals surface area (Å²) in [6.45, 7) is 2.46. The van der Waals surface area contributed by atoms with Crippen molar-refractivity contribution < 1.29 is 13.2 Å². The first kappa shape index (κ1) is 12.4. The fraction of sp³-hybridized carbons (Fsp3) is 0.500. The topological polar surface area (TPSA) is 69.4 Å². The Bertz CT molecular complexity index is 475. The zero-order chi connectivity index (χ0) is 12.5. The van der Waals surface area contributed by atoms with Crippen molar-refractivity contribution in [2.75, 3.05) is 6.61 Å². The number of benzene rings is 1. The Morgan fingerprint density at radius 2 is 1.88 bits per heavy atom. The predicted octanol–water partition coefficient (Wildman–Crippen LogP) is 1.35. The highest BCUT2D eigenvalue weighted by Crippen LogP contribution is 2.31. The highest BCUT2D eigenvalue weighted by Gasteiger charge is 2.37. The Hall–Kier alpha value is -1.07. The van der Waals surface area contributed by atoms with Gasteiger partial charge >= 0.3 is 0 Å². The van der Waals surface area contributed by atoms with Gasteiger partial charge in [0, 0.05) is 6.04 Å². The first-order valence-corrected chi connectivity index (χ1v) is 7.31. The summed E-state index contributed by atoms with van der Waals surface area (Å²) in [5.41, 5.74) is 5.62. The second-order valence-electron chi connectivity index (χ2n) is 4.30. The van der Waals surface area contributed by atoms with E-state index in [1.165, 1.54) is 0 Å². The van der Waals surface area contributed by atoms with Crippen LogP contribution in [0.25, 0.3) is 0 Å². The zero-order valence-electron chi connectivity index (χ0n) is 9.80. The smallest absolute Gasteiger partial charge is 0.181 e. The third-order valence-electron chi connectivity index (χ3n) is 3.03. The van der Waals surface area contributed by atoms with Crippen molar-refractivity contribution in [2.45, 2.75) is 36.0 Å². The van der Waals surface area contributed by atoms with Crippen LogP contribution in [0.3, 0.4) is 0 Å². The second kappa shape index (κ2) is 4.66. The van der Waals surface area contributed by atoms with Crippen LogP contribution in [-0.2, 0) is 9.84 Å². The monoisotopic (exact) mass is 255 g/mol. The number of hydrogen-bond acceptors (Lipinski definition) is 4. The Morgan fingerprint density at radius 3 is 2.35 bits per heavy atom. The molecule has 0 radical (unpaired) electrons. The van der Waals surface area contributed by atoms with Crippen LogP contribution in [-0.4, -0.2) is 26.3 Å². The third-order valence-corrected chi connectivity index (χ3v) is 5.23. The molecule has 0 saturated heterocycles. The summed E-state index contributed by atoms with van der Waals surface area (Å²) in [7, 11) is -3.20. The fourth-order valence-corrected chi connectivity index (χ4v) is 3.85. The summed E-state index contributed by atoms with van der Waals surface area (Å²) in [5.74, 6) is 0.691. The molecule has 0 aromatic heterocycles. The Labute approximate surface area is 102 Å². The number of sulfone groups is 1. The van der Waals surface area contributed by atoms with Gasteiger partial charge < -0.3 is 10.5 Å². The molecule has 0 spiro atoms. The van der Waals surface area contributed by atoms with Crippen molar-refractivity contribution >= 4 is 9.84 Å². The SMILES string of the molecule is CCOc1ccc(S(=O)(=O)C2CC(N)C2)cc1. The lowest BCUT2D eigenvalue weighted by Gasteiger charge is -2.31. The molecule has 5 heteroatoms. The molecule has 2 rings (SSSR count). The number of nitrogens with two attached hydrogens (primary N) is 1. The number of rotatable bonds is 4. The van der Waals surface area contributed by atoms with Crippen LogP contribution in [0.15, 0.2) is 29.2 Å². The van der Waals surface area contributed by atoms with Crippen LogP contribution in [0.5, 0.6) is 5.75 Å². The van der Waals surface area contributed by atoms with Gasteiger partial charge in [0.25, 0.3) is 0 Å². The first-order valence-electron chi connectivity index (χ1n) is 5.76. The molecule has 4 nitrogen and oxygen atoms in total. The predicted molar refractivity (Wildman–Crippen MR) is 65.8 cm³/mol. The zero-order valence-corrected chi connectivity index (χ0v) is 10.6. The van der Waals surface area contributed by atoms with Gasteiger partial charge in [-0.15, -0.1) is 0 Å². The molecular formula is C12H17NO3S. The van der Waals surface area contributed by atoms with E-state index in [4.69, 9.17) is 10.5 Å². The van der Waals surface area contributed by atoms with Crippen molar-refractivity contribution in [1.82, 2.24) is 0 Å². The molecule has 0 aliphatic heterocycles. The maximum Gasteiger partial charge on any atom is 0.181 e. The molecule has 1 fully saturated rings. The van der Waals surface area contributed by atoms with Gasteiger partial charge in [0.15, 0.2) is 9.84 Å². The standard InChI is InChI=1S/C12H17NO3S/c1-2-16-10-3-5-11(6-4-10)17(14,15)12-7-9(13)8-12/h3-6,9,12H,2,7-8,13H2,1H3. The van der Waals surface area contributed by atoms with Crippen LogP contribution in [0.2, 0.25) is 0 Å². The van der Waals surface area contributed by atoms with Gasteiger partial charge in [-0.1, -0.05) is 0 Å². The average molecular weight is 255 g/mol. The summed E-state index contributed by atoms with van der Waals surface area (Å²) in [5, 5.41) is -0.310. The van der Waals surface area contributed by atoms with Crippen LogP contribution in [0.1, 0.15) is 19.8 Å². The highest BCUT2D eigenvalue weighted by molar-refractivity contribution is 7.92. The maximum absolute atomic E-state index is 12.1. The molecular weight excluding hydrogens is 238 g/mol. The van der Waals surface area contributed by atoms with E-state index in [9.17, 15) is 8.42 Å². The number of ether oxygens (including phenoxy) is 1. The van der Waals surface area contributed by atoms with Gasteiger partial charge in [-0.25, -0.2) is 8.42 Å². The van der Waals surface area contributed by atoms with Crippen molar-refractivity contribution in [3.8, 4) is 5.75 Å². The quantitative estimate of drug-likeness (QED) is 0.881. The van der Waals surface area contributed by atoms with Crippen molar-refractivity contribution in [3.63, 3.8) is 0 Å². The second-order valence-corrected chi connectivity index (χ2v) is 6.53. The van der Waals surface area contributed by atoms with E-state index in [-0.39, 0.29) is 11.3 Å². The minimum absolute atomic E-state index is 0.0393. The molecule has 0 unspecified atom stereocenters. The van der Waals surface area contributed by atoms with Crippen molar-refractivity contribution in [1.29, 1.82) is 0 Å². The lowest BCUT2D eigenvalue weighted by atomic mass is 9.93. The van der Waals surface area contributed by atoms with Gasteiger partial charge in [-0.2, -0.15) is 0 Å². The Morgan fingerprint density at radius 1 is 1.29 bits per heavy atom. The van der Waals surface area contributed by atoms with Crippen molar-refractivity contribution in [3.05, 3.63) is 24.3 Å². The molecule has 0 heterocycles. The summed E-state index contributed by atoms with van der Waals surface area (Å²) in [4.78, 5) is 0.359. The van der Waals surface area contributed by atoms with E-state index >= 15 is 0 Å². The van der Waals surface area contributed by atoms with Crippen LogP contribution < -0.4 is 10.5 Å². The molecule has 1 aromatic carbocycles. The minimum Gasteiger partial charge on any atom is -0.494 e. The van der Waals surface area contributed by atoms with Gasteiger partial charge in [0.1, 0.15) is 5.75 Å². The van der Waals surface area contributed by atoms with Gasteiger partial charge in [-0.3, -0.25) is 0 Å². The lowest BCUT2D eigenvalue weighted by molar-refractivity contribution is 0.340. The van der Waals surface area contributed by atoms with E-state index in [2.05, 4.69) is 0 Å². The normalized spacial score (nSPS) is 24.1. The van der Waals surface area contributed by atoms with Gasteiger partial charge in [-0.05, 0) is 44.0 Å². The average Bonchev–Trinajstić information content (AvgIpc) is 2.26. The molecule has 2 N–H and O–H groups in total. The molecule has 0 bridgehead atoms.